The molecule has 0 unspecified atom stereocenters. The molecule has 0 aliphatic carbocycles. The molecule has 0 fully saturated rings. The highest BCUT2D eigenvalue weighted by Gasteiger charge is 2.14. The van der Waals surface area contributed by atoms with Crippen LogP contribution < -0.4 is 0 Å². The summed E-state index contributed by atoms with van der Waals surface area (Å²) in [5.74, 6) is -0.136. The minimum atomic E-state index is -0.136. The van der Waals surface area contributed by atoms with Gasteiger partial charge in [-0.15, -0.1) is 5.10 Å². The van der Waals surface area contributed by atoms with E-state index < -0.39 is 0 Å². The van der Waals surface area contributed by atoms with Crippen molar-refractivity contribution in [2.75, 3.05) is 0 Å². The molecule has 0 radical (unpaired) electrons. The van der Waals surface area contributed by atoms with Crippen LogP contribution in [0, 0.1) is 0 Å². The second-order valence-corrected chi connectivity index (χ2v) is 4.14. The molecule has 0 atom stereocenters. The van der Waals surface area contributed by atoms with E-state index in [2.05, 4.69) is 14.6 Å². The van der Waals surface area contributed by atoms with Gasteiger partial charge in [0.05, 0.1) is 5.56 Å². The van der Waals surface area contributed by atoms with E-state index in [4.69, 9.17) is 0 Å². The summed E-state index contributed by atoms with van der Waals surface area (Å²) < 4.78 is 3.70. The first-order valence-corrected chi connectivity index (χ1v) is 5.84. The number of carbonyl (C=O) groups is 1. The van der Waals surface area contributed by atoms with Crippen LogP contribution in [0.5, 0.6) is 0 Å². The number of rotatable bonds is 2. The third-order valence-corrected chi connectivity index (χ3v) is 3.01. The number of hydrogen-bond acceptors (Lipinski definition) is 5. The lowest BCUT2D eigenvalue weighted by molar-refractivity contribution is 0.103. The Balaban J connectivity index is 2.21. The molecular weight excluding hydrogens is 234 g/mol. The molecule has 0 spiro atoms. The number of benzene rings is 1. The van der Waals surface area contributed by atoms with Gasteiger partial charge in [-0.3, -0.25) is 9.78 Å². The summed E-state index contributed by atoms with van der Waals surface area (Å²) in [6.45, 7) is 0. The van der Waals surface area contributed by atoms with Gasteiger partial charge >= 0.3 is 0 Å². The van der Waals surface area contributed by atoms with Crippen LogP contribution in [0.1, 0.15) is 16.1 Å². The maximum atomic E-state index is 12.2. The van der Waals surface area contributed by atoms with Gasteiger partial charge in [-0.1, -0.05) is 28.8 Å². The van der Waals surface area contributed by atoms with Gasteiger partial charge < -0.3 is 0 Å². The van der Waals surface area contributed by atoms with E-state index in [9.17, 15) is 4.79 Å². The third-order valence-electron chi connectivity index (χ3n) is 2.51. The van der Waals surface area contributed by atoms with Crippen molar-refractivity contribution >= 4 is 28.1 Å². The first-order valence-electron chi connectivity index (χ1n) is 5.01. The minimum Gasteiger partial charge on any atom is -0.287 e. The highest BCUT2D eigenvalue weighted by Crippen LogP contribution is 2.19. The topological polar surface area (TPSA) is 55.7 Å². The fourth-order valence-corrected chi connectivity index (χ4v) is 2.14. The summed E-state index contributed by atoms with van der Waals surface area (Å²) in [4.78, 5) is 16.3. The quantitative estimate of drug-likeness (QED) is 0.646. The van der Waals surface area contributed by atoms with E-state index in [1.165, 1.54) is 11.5 Å². The van der Waals surface area contributed by atoms with Crippen LogP contribution >= 0.6 is 11.5 Å². The van der Waals surface area contributed by atoms with Crippen molar-refractivity contribution in [3.05, 3.63) is 53.3 Å². The normalized spacial score (nSPS) is 10.6. The van der Waals surface area contributed by atoms with Crippen molar-refractivity contribution in [2.24, 2.45) is 0 Å². The number of ketones is 1. The van der Waals surface area contributed by atoms with Gasteiger partial charge in [0.2, 0.25) is 5.78 Å². The van der Waals surface area contributed by atoms with Gasteiger partial charge in [-0.05, 0) is 16.9 Å². The Morgan fingerprint density at radius 1 is 1.18 bits per heavy atom. The molecule has 0 bridgehead atoms. The molecule has 0 aliphatic rings. The molecule has 0 amide bonds. The molecular formula is C12H7N3OS. The molecule has 4 nitrogen and oxygen atoms in total. The average molecular weight is 241 g/mol. The molecule has 0 saturated heterocycles. The van der Waals surface area contributed by atoms with Gasteiger partial charge in [-0.2, -0.15) is 0 Å². The second kappa shape index (κ2) is 4.03. The van der Waals surface area contributed by atoms with E-state index in [-0.39, 0.29) is 5.78 Å². The van der Waals surface area contributed by atoms with Crippen molar-refractivity contribution in [1.29, 1.82) is 0 Å². The Morgan fingerprint density at radius 3 is 2.88 bits per heavy atom. The predicted molar refractivity (Wildman–Crippen MR) is 65.1 cm³/mol. The third kappa shape index (κ3) is 1.70. The zero-order chi connectivity index (χ0) is 11.7. The Labute approximate surface area is 101 Å². The van der Waals surface area contributed by atoms with Crippen LogP contribution in [0.4, 0.5) is 0 Å². The molecule has 82 valence electrons. The van der Waals surface area contributed by atoms with E-state index in [1.54, 1.807) is 17.8 Å². The van der Waals surface area contributed by atoms with Crippen molar-refractivity contribution in [1.82, 2.24) is 14.6 Å². The van der Waals surface area contributed by atoms with E-state index >= 15 is 0 Å². The number of nitrogens with zero attached hydrogens (tertiary/aromatic N) is 3. The van der Waals surface area contributed by atoms with E-state index in [0.717, 1.165) is 10.8 Å². The molecule has 1 aromatic carbocycles. The fourth-order valence-electron chi connectivity index (χ4n) is 1.70. The molecule has 2 aromatic heterocycles. The first kappa shape index (κ1) is 10.0. The van der Waals surface area contributed by atoms with Crippen LogP contribution in [0.3, 0.4) is 0 Å². The Hall–Kier alpha value is -2.14. The number of carbonyl (C=O) groups excluding carboxylic acids is 1. The largest absolute Gasteiger partial charge is 0.287 e. The van der Waals surface area contributed by atoms with Crippen molar-refractivity contribution in [2.45, 2.75) is 0 Å². The van der Waals surface area contributed by atoms with Crippen LogP contribution in [0.2, 0.25) is 0 Å². The van der Waals surface area contributed by atoms with Gasteiger partial charge in [0.1, 0.15) is 5.69 Å². The first-order chi connectivity index (χ1) is 8.36. The zero-order valence-corrected chi connectivity index (χ0v) is 9.52. The Bertz CT molecular complexity index is 674. The summed E-state index contributed by atoms with van der Waals surface area (Å²) in [6, 6.07) is 7.66. The standard InChI is InChI=1S/C12H7N3OS/c16-12(11-7-17-15-14-11)10-6-13-5-8-3-1-2-4-9(8)10/h1-7H. The molecule has 5 heteroatoms. The number of hydrogen-bond donors (Lipinski definition) is 0. The maximum absolute atomic E-state index is 12.2. The van der Waals surface area contributed by atoms with Crippen LogP contribution in [0.25, 0.3) is 10.8 Å². The highest BCUT2D eigenvalue weighted by atomic mass is 32.1. The number of pyridine rings is 1. The molecule has 0 aliphatic heterocycles. The fraction of sp³-hybridized carbons (Fsp3) is 0. The molecule has 3 aromatic rings. The van der Waals surface area contributed by atoms with Crippen molar-refractivity contribution in [3.63, 3.8) is 0 Å². The summed E-state index contributed by atoms with van der Waals surface area (Å²) in [6.07, 6.45) is 3.31. The second-order valence-electron chi connectivity index (χ2n) is 3.53. The molecule has 3 rings (SSSR count). The van der Waals surface area contributed by atoms with Crippen LogP contribution in [-0.2, 0) is 0 Å². The van der Waals surface area contributed by atoms with Gasteiger partial charge in [-0.25, -0.2) is 0 Å². The van der Waals surface area contributed by atoms with Crippen molar-refractivity contribution in [3.8, 4) is 0 Å². The molecule has 17 heavy (non-hydrogen) atoms. The number of aromatic nitrogens is 3. The summed E-state index contributed by atoms with van der Waals surface area (Å²) in [7, 11) is 0. The van der Waals surface area contributed by atoms with Gasteiger partial charge in [0.25, 0.3) is 0 Å². The van der Waals surface area contributed by atoms with E-state index in [0.29, 0.717) is 11.3 Å². The van der Waals surface area contributed by atoms with Crippen LogP contribution in [-0.4, -0.2) is 20.4 Å². The minimum absolute atomic E-state index is 0.136. The highest BCUT2D eigenvalue weighted by molar-refractivity contribution is 7.03. The van der Waals surface area contributed by atoms with E-state index in [1.807, 2.05) is 24.3 Å². The lowest BCUT2D eigenvalue weighted by atomic mass is 10.0. The average Bonchev–Trinajstić information content (AvgIpc) is 2.91. The summed E-state index contributed by atoms with van der Waals surface area (Å²) >= 11 is 1.17. The smallest absolute Gasteiger partial charge is 0.216 e. The predicted octanol–water partition coefficient (Wildman–Crippen LogP) is 2.32. The Morgan fingerprint density at radius 2 is 2.06 bits per heavy atom. The number of fused-ring (bicyclic) bond motifs is 1. The summed E-state index contributed by atoms with van der Waals surface area (Å²) in [5, 5.41) is 7.27. The molecule has 0 N–H and O–H groups in total. The van der Waals surface area contributed by atoms with Gasteiger partial charge in [0, 0.05) is 23.2 Å². The Kier molecular flexibility index (Phi) is 2.38. The SMILES string of the molecule is O=C(c1csnn1)c1cncc2ccccc12. The molecule has 0 saturated carbocycles. The van der Waals surface area contributed by atoms with Gasteiger partial charge in [0.15, 0.2) is 0 Å². The maximum Gasteiger partial charge on any atom is 0.216 e. The lowest BCUT2D eigenvalue weighted by Gasteiger charge is -2.02. The zero-order valence-electron chi connectivity index (χ0n) is 8.70. The molecule has 2 heterocycles. The lowest BCUT2D eigenvalue weighted by Crippen LogP contribution is -2.03. The van der Waals surface area contributed by atoms with Crippen LogP contribution in [0.15, 0.2) is 42.0 Å². The van der Waals surface area contributed by atoms with Crippen molar-refractivity contribution < 1.29 is 4.79 Å². The summed E-state index contributed by atoms with van der Waals surface area (Å²) in [5.41, 5.74) is 0.934. The monoisotopic (exact) mass is 241 g/mol.